The lowest BCUT2D eigenvalue weighted by Crippen LogP contribution is -2.51. The lowest BCUT2D eigenvalue weighted by Gasteiger charge is -2.36. The first-order chi connectivity index (χ1) is 9.17. The van der Waals surface area contributed by atoms with Gasteiger partial charge in [0, 0.05) is 18.6 Å². The zero-order valence-electron chi connectivity index (χ0n) is 13.0. The van der Waals surface area contributed by atoms with Crippen molar-refractivity contribution in [3.8, 4) is 0 Å². The Morgan fingerprint density at radius 1 is 1.20 bits per heavy atom. The van der Waals surface area contributed by atoms with E-state index in [0.717, 1.165) is 19.4 Å². The summed E-state index contributed by atoms with van der Waals surface area (Å²) in [6, 6.07) is 0.732. The van der Waals surface area contributed by atoms with Gasteiger partial charge in [-0.2, -0.15) is 13.2 Å². The largest absolute Gasteiger partial charge is 0.401 e. The van der Waals surface area contributed by atoms with E-state index in [1.165, 1.54) is 4.90 Å². The smallest absolute Gasteiger partial charge is 0.310 e. The molecule has 0 aromatic rings. The number of nitrogens with zero attached hydrogens (tertiary/aromatic N) is 2. The number of hydrogen-bond donors (Lipinski definition) is 1. The Labute approximate surface area is 120 Å². The summed E-state index contributed by atoms with van der Waals surface area (Å²) in [5.74, 6) is 0.519. The van der Waals surface area contributed by atoms with Crippen LogP contribution in [0.2, 0.25) is 0 Å². The van der Waals surface area contributed by atoms with Crippen molar-refractivity contribution in [3.05, 3.63) is 0 Å². The average molecular weight is 295 g/mol. The molecule has 1 N–H and O–H groups in total. The lowest BCUT2D eigenvalue weighted by atomic mass is 9.99. The van der Waals surface area contributed by atoms with Crippen molar-refractivity contribution in [2.45, 2.75) is 44.9 Å². The van der Waals surface area contributed by atoms with Crippen LogP contribution in [0.15, 0.2) is 0 Å². The highest BCUT2D eigenvalue weighted by atomic mass is 19.4. The molecular weight excluding hydrogens is 267 g/mol. The van der Waals surface area contributed by atoms with Gasteiger partial charge in [0.15, 0.2) is 0 Å². The molecule has 1 aliphatic rings. The van der Waals surface area contributed by atoms with Crippen LogP contribution >= 0.6 is 0 Å². The predicted molar refractivity (Wildman–Crippen MR) is 75.8 cm³/mol. The fourth-order valence-corrected chi connectivity index (χ4v) is 2.66. The van der Waals surface area contributed by atoms with E-state index in [9.17, 15) is 13.2 Å². The Balaban J connectivity index is 2.37. The van der Waals surface area contributed by atoms with Crippen molar-refractivity contribution >= 4 is 0 Å². The average Bonchev–Trinajstić information content (AvgIpc) is 2.28. The fourth-order valence-electron chi connectivity index (χ4n) is 2.66. The summed E-state index contributed by atoms with van der Waals surface area (Å²) in [6.07, 6.45) is -2.48. The van der Waals surface area contributed by atoms with Gasteiger partial charge in [0.05, 0.1) is 6.54 Å². The summed E-state index contributed by atoms with van der Waals surface area (Å²) < 4.78 is 37.0. The van der Waals surface area contributed by atoms with E-state index in [0.29, 0.717) is 31.1 Å². The molecule has 0 amide bonds. The molecule has 0 radical (unpaired) electrons. The summed E-state index contributed by atoms with van der Waals surface area (Å²) in [6.45, 7) is 5.61. The van der Waals surface area contributed by atoms with Gasteiger partial charge in [-0.15, -0.1) is 0 Å². The predicted octanol–water partition coefficient (Wildman–Crippen LogP) is 2.19. The molecule has 1 fully saturated rings. The van der Waals surface area contributed by atoms with Crippen molar-refractivity contribution in [3.63, 3.8) is 0 Å². The minimum atomic E-state index is -4.08. The maximum atomic E-state index is 12.3. The molecule has 3 nitrogen and oxygen atoms in total. The molecule has 1 heterocycles. The number of nitrogens with one attached hydrogen (secondary N) is 1. The van der Waals surface area contributed by atoms with Crippen molar-refractivity contribution in [2.75, 3.05) is 40.3 Å². The fraction of sp³-hybridized carbons (Fsp3) is 1.00. The standard InChI is InChI=1S/C14H28F3N3/c1-11(2)13(9-19(3)4)18-12-5-7-20(8-6-12)10-14(15,16)17/h11-13,18H,5-10H2,1-4H3. The highest BCUT2D eigenvalue weighted by Crippen LogP contribution is 2.20. The van der Waals surface area contributed by atoms with E-state index in [-0.39, 0.29) is 0 Å². The second-order valence-corrected chi connectivity index (χ2v) is 6.45. The molecule has 1 atom stereocenters. The van der Waals surface area contributed by atoms with Crippen LogP contribution in [-0.4, -0.2) is 68.3 Å². The Hall–Kier alpha value is -0.330. The van der Waals surface area contributed by atoms with E-state index in [4.69, 9.17) is 0 Å². The molecule has 0 saturated carbocycles. The van der Waals surface area contributed by atoms with E-state index in [1.807, 2.05) is 14.1 Å². The molecule has 0 aromatic carbocycles. The Morgan fingerprint density at radius 2 is 1.75 bits per heavy atom. The number of alkyl halides is 3. The normalized spacial score (nSPS) is 20.9. The highest BCUT2D eigenvalue weighted by Gasteiger charge is 2.33. The van der Waals surface area contributed by atoms with Crippen LogP contribution in [0.5, 0.6) is 0 Å². The molecule has 0 bridgehead atoms. The van der Waals surface area contributed by atoms with Gasteiger partial charge in [-0.05, 0) is 45.9 Å². The zero-order chi connectivity index (χ0) is 15.3. The first kappa shape index (κ1) is 17.7. The van der Waals surface area contributed by atoms with Crippen LogP contribution in [0.3, 0.4) is 0 Å². The van der Waals surface area contributed by atoms with Crippen molar-refractivity contribution in [1.29, 1.82) is 0 Å². The summed E-state index contributed by atoms with van der Waals surface area (Å²) >= 11 is 0. The van der Waals surface area contributed by atoms with Gasteiger partial charge in [-0.1, -0.05) is 13.8 Å². The van der Waals surface area contributed by atoms with Crippen LogP contribution in [0.4, 0.5) is 13.2 Å². The first-order valence-electron chi connectivity index (χ1n) is 7.37. The highest BCUT2D eigenvalue weighted by molar-refractivity contribution is 4.83. The van der Waals surface area contributed by atoms with E-state index in [1.54, 1.807) is 0 Å². The van der Waals surface area contributed by atoms with Crippen LogP contribution < -0.4 is 5.32 Å². The van der Waals surface area contributed by atoms with E-state index >= 15 is 0 Å². The molecule has 1 saturated heterocycles. The number of hydrogen-bond acceptors (Lipinski definition) is 3. The van der Waals surface area contributed by atoms with E-state index < -0.39 is 12.7 Å². The van der Waals surface area contributed by atoms with Crippen LogP contribution in [-0.2, 0) is 0 Å². The molecule has 0 aliphatic carbocycles. The van der Waals surface area contributed by atoms with Gasteiger partial charge in [0.25, 0.3) is 0 Å². The first-order valence-corrected chi connectivity index (χ1v) is 7.37. The number of piperidine rings is 1. The van der Waals surface area contributed by atoms with Crippen molar-refractivity contribution in [2.24, 2.45) is 5.92 Å². The van der Waals surface area contributed by atoms with Gasteiger partial charge in [-0.25, -0.2) is 0 Å². The molecule has 1 rings (SSSR count). The van der Waals surface area contributed by atoms with Crippen molar-refractivity contribution < 1.29 is 13.2 Å². The molecule has 1 aliphatic heterocycles. The second-order valence-electron chi connectivity index (χ2n) is 6.45. The zero-order valence-corrected chi connectivity index (χ0v) is 13.0. The van der Waals surface area contributed by atoms with Gasteiger partial charge in [0.1, 0.15) is 0 Å². The van der Waals surface area contributed by atoms with Crippen LogP contribution in [0.25, 0.3) is 0 Å². The number of likely N-dealkylation sites (tertiary alicyclic amines) is 1. The van der Waals surface area contributed by atoms with E-state index in [2.05, 4.69) is 24.1 Å². The van der Waals surface area contributed by atoms with Crippen molar-refractivity contribution in [1.82, 2.24) is 15.1 Å². The molecule has 120 valence electrons. The third kappa shape index (κ3) is 6.90. The summed E-state index contributed by atoms with van der Waals surface area (Å²) in [4.78, 5) is 3.66. The third-order valence-corrected chi connectivity index (χ3v) is 3.81. The Bertz CT molecular complexity index is 271. The van der Waals surface area contributed by atoms with Gasteiger partial charge < -0.3 is 10.2 Å². The lowest BCUT2D eigenvalue weighted by molar-refractivity contribution is -0.148. The summed E-state index contributed by atoms with van der Waals surface area (Å²) in [7, 11) is 4.09. The molecular formula is C14H28F3N3. The molecule has 20 heavy (non-hydrogen) atoms. The maximum absolute atomic E-state index is 12.3. The van der Waals surface area contributed by atoms with Gasteiger partial charge in [0.2, 0.25) is 0 Å². The SMILES string of the molecule is CC(C)C(CN(C)C)NC1CCN(CC(F)(F)F)CC1. The van der Waals surface area contributed by atoms with Gasteiger partial charge in [-0.3, -0.25) is 4.90 Å². The summed E-state index contributed by atoms with van der Waals surface area (Å²) in [5, 5.41) is 3.62. The number of likely N-dealkylation sites (N-methyl/N-ethyl adjacent to an activating group) is 1. The second kappa shape index (κ2) is 7.61. The Morgan fingerprint density at radius 3 is 2.15 bits per heavy atom. The Kier molecular flexibility index (Phi) is 6.75. The molecule has 0 spiro atoms. The number of rotatable bonds is 6. The minimum Gasteiger partial charge on any atom is -0.310 e. The van der Waals surface area contributed by atoms with Crippen LogP contribution in [0.1, 0.15) is 26.7 Å². The topological polar surface area (TPSA) is 18.5 Å². The molecule has 0 aromatic heterocycles. The molecule has 1 unspecified atom stereocenters. The van der Waals surface area contributed by atoms with Crippen LogP contribution in [0, 0.1) is 5.92 Å². The monoisotopic (exact) mass is 295 g/mol. The summed E-state index contributed by atoms with van der Waals surface area (Å²) in [5.41, 5.74) is 0. The molecule has 6 heteroatoms. The maximum Gasteiger partial charge on any atom is 0.401 e. The third-order valence-electron chi connectivity index (χ3n) is 3.81. The number of halogens is 3. The minimum absolute atomic E-state index is 0.340. The van der Waals surface area contributed by atoms with Gasteiger partial charge >= 0.3 is 6.18 Å². The quantitative estimate of drug-likeness (QED) is 0.810.